The summed E-state index contributed by atoms with van der Waals surface area (Å²) < 4.78 is 5.55. The molecule has 130 valence electrons. The number of aromatic nitrogens is 1. The first kappa shape index (κ1) is 17.0. The number of carbonyl (C=O) groups is 1. The van der Waals surface area contributed by atoms with Gasteiger partial charge in [-0.1, -0.05) is 0 Å². The van der Waals surface area contributed by atoms with Crippen molar-refractivity contribution in [3.8, 4) is 0 Å². The van der Waals surface area contributed by atoms with E-state index in [-0.39, 0.29) is 5.91 Å². The van der Waals surface area contributed by atoms with E-state index >= 15 is 0 Å². The second-order valence-electron chi connectivity index (χ2n) is 6.35. The van der Waals surface area contributed by atoms with Gasteiger partial charge in [-0.15, -0.1) is 11.3 Å². The highest BCUT2D eigenvalue weighted by molar-refractivity contribution is 7.13. The van der Waals surface area contributed by atoms with E-state index in [0.717, 1.165) is 36.3 Å². The fourth-order valence-corrected chi connectivity index (χ4v) is 3.79. The van der Waals surface area contributed by atoms with Crippen molar-refractivity contribution in [3.63, 3.8) is 0 Å². The predicted molar refractivity (Wildman–Crippen MR) is 95.3 cm³/mol. The molecule has 1 amide bonds. The van der Waals surface area contributed by atoms with Gasteiger partial charge in [-0.2, -0.15) is 0 Å². The minimum Gasteiger partial charge on any atom is -0.464 e. The number of hydrogen-bond donors (Lipinski definition) is 0. The van der Waals surface area contributed by atoms with E-state index < -0.39 is 0 Å². The molecule has 0 bridgehead atoms. The van der Waals surface area contributed by atoms with Crippen LogP contribution in [0.3, 0.4) is 0 Å². The first-order chi connectivity index (χ1) is 11.5. The summed E-state index contributed by atoms with van der Waals surface area (Å²) in [7, 11) is 1.83. The lowest BCUT2D eigenvalue weighted by molar-refractivity contribution is -0.132. The molecule has 3 heterocycles. The summed E-state index contributed by atoms with van der Waals surface area (Å²) in [5, 5.41) is 3.07. The second-order valence-corrected chi connectivity index (χ2v) is 7.23. The van der Waals surface area contributed by atoms with Crippen LogP contribution in [0, 0.1) is 6.92 Å². The number of rotatable bonds is 5. The fourth-order valence-electron chi connectivity index (χ4n) is 3.02. The highest BCUT2D eigenvalue weighted by atomic mass is 32.1. The van der Waals surface area contributed by atoms with Gasteiger partial charge in [0.25, 0.3) is 0 Å². The van der Waals surface area contributed by atoms with E-state index in [1.807, 2.05) is 37.7 Å². The molecule has 1 aliphatic heterocycles. The summed E-state index contributed by atoms with van der Waals surface area (Å²) in [6.07, 6.45) is 1.84. The monoisotopic (exact) mass is 348 g/mol. The van der Waals surface area contributed by atoms with Gasteiger partial charge in [0.1, 0.15) is 11.5 Å². The number of thiazole rings is 1. The van der Waals surface area contributed by atoms with Crippen molar-refractivity contribution in [1.29, 1.82) is 0 Å². The highest BCUT2D eigenvalue weighted by Gasteiger charge is 2.27. The van der Waals surface area contributed by atoms with Crippen molar-refractivity contribution in [2.75, 3.05) is 38.1 Å². The Labute approximate surface area is 146 Å². The number of anilines is 1. The second kappa shape index (κ2) is 7.36. The van der Waals surface area contributed by atoms with Crippen molar-refractivity contribution in [2.24, 2.45) is 0 Å². The van der Waals surface area contributed by atoms with Gasteiger partial charge in [-0.25, -0.2) is 4.98 Å². The highest BCUT2D eigenvalue weighted by Crippen LogP contribution is 2.22. The Kier molecular flexibility index (Phi) is 5.20. The fraction of sp³-hybridized carbons (Fsp3) is 0.529. The number of likely N-dealkylation sites (N-methyl/N-ethyl adjacent to an activating group) is 1. The van der Waals surface area contributed by atoms with Crippen molar-refractivity contribution in [3.05, 3.63) is 35.2 Å². The Morgan fingerprint density at radius 3 is 2.92 bits per heavy atom. The van der Waals surface area contributed by atoms with Gasteiger partial charge in [0.2, 0.25) is 5.91 Å². The molecule has 2 aromatic heterocycles. The summed E-state index contributed by atoms with van der Waals surface area (Å²) in [5.74, 6) is 1.82. The summed E-state index contributed by atoms with van der Waals surface area (Å²) in [6, 6.07) is 4.21. The van der Waals surface area contributed by atoms with Crippen LogP contribution in [0.5, 0.6) is 0 Å². The van der Waals surface area contributed by atoms with Crippen LogP contribution in [0.1, 0.15) is 18.4 Å². The molecule has 0 saturated carbocycles. The molecule has 1 atom stereocenters. The molecule has 7 heteroatoms. The summed E-state index contributed by atoms with van der Waals surface area (Å²) >= 11 is 1.67. The molecule has 3 rings (SSSR count). The van der Waals surface area contributed by atoms with Gasteiger partial charge >= 0.3 is 0 Å². The normalized spacial score (nSPS) is 18.8. The lowest BCUT2D eigenvalue weighted by Crippen LogP contribution is -2.54. The zero-order valence-corrected chi connectivity index (χ0v) is 15.3. The molecular formula is C17H24N4O2S. The molecule has 2 aromatic rings. The number of furan rings is 1. The molecular weight excluding hydrogens is 324 g/mol. The number of carbonyl (C=O) groups excluding carboxylic acids is 1. The average Bonchev–Trinajstić information content (AvgIpc) is 3.19. The third-order valence-electron chi connectivity index (χ3n) is 4.35. The molecule has 24 heavy (non-hydrogen) atoms. The smallest absolute Gasteiger partial charge is 0.236 e. The van der Waals surface area contributed by atoms with E-state index in [9.17, 15) is 4.79 Å². The molecule has 0 radical (unpaired) electrons. The summed E-state index contributed by atoms with van der Waals surface area (Å²) in [5.41, 5.74) is 0. The Bertz CT molecular complexity index is 670. The molecule has 0 spiro atoms. The maximum atomic E-state index is 12.5. The molecule has 1 aliphatic rings. The molecule has 0 aromatic carbocycles. The van der Waals surface area contributed by atoms with Crippen LogP contribution in [0.15, 0.2) is 28.1 Å². The van der Waals surface area contributed by atoms with E-state index in [2.05, 4.69) is 21.7 Å². The SMILES string of the molecule is Cc1ccc(CN(C)C(=O)CN2CCN(c3nccs3)[C@@H](C)C2)o1. The van der Waals surface area contributed by atoms with E-state index in [4.69, 9.17) is 4.42 Å². The van der Waals surface area contributed by atoms with E-state index in [1.54, 1.807) is 16.2 Å². The minimum atomic E-state index is 0.124. The zero-order valence-electron chi connectivity index (χ0n) is 14.4. The topological polar surface area (TPSA) is 52.8 Å². The Hall–Kier alpha value is -1.86. The standard InChI is InChI=1S/C17H24N4O2S/c1-13-10-20(7-8-21(13)17-18-6-9-24-17)12-16(22)19(3)11-15-5-4-14(2)23-15/h4-6,9,13H,7-8,10-12H2,1-3H3/t13-/m0/s1. The lowest BCUT2D eigenvalue weighted by Gasteiger charge is -2.39. The molecule has 1 fully saturated rings. The van der Waals surface area contributed by atoms with Crippen molar-refractivity contribution < 1.29 is 9.21 Å². The van der Waals surface area contributed by atoms with Crippen LogP contribution in [0.25, 0.3) is 0 Å². The number of amides is 1. The molecule has 0 N–H and O–H groups in total. The lowest BCUT2D eigenvalue weighted by atomic mass is 10.2. The number of aryl methyl sites for hydroxylation is 1. The third kappa shape index (κ3) is 3.96. The Morgan fingerprint density at radius 1 is 1.46 bits per heavy atom. The van der Waals surface area contributed by atoms with Crippen LogP contribution in [0.4, 0.5) is 5.13 Å². The summed E-state index contributed by atoms with van der Waals surface area (Å²) in [6.45, 7) is 7.72. The zero-order chi connectivity index (χ0) is 17.1. The van der Waals surface area contributed by atoms with E-state index in [1.165, 1.54) is 0 Å². The first-order valence-electron chi connectivity index (χ1n) is 8.20. The van der Waals surface area contributed by atoms with Crippen LogP contribution in [-0.2, 0) is 11.3 Å². The van der Waals surface area contributed by atoms with Crippen LogP contribution >= 0.6 is 11.3 Å². The van der Waals surface area contributed by atoms with Crippen LogP contribution < -0.4 is 4.90 Å². The Balaban J connectivity index is 1.50. The number of nitrogens with zero attached hydrogens (tertiary/aromatic N) is 4. The minimum absolute atomic E-state index is 0.124. The van der Waals surface area contributed by atoms with Crippen molar-refractivity contribution in [2.45, 2.75) is 26.4 Å². The average molecular weight is 348 g/mol. The van der Waals surface area contributed by atoms with Crippen LogP contribution in [-0.4, -0.2) is 60.0 Å². The van der Waals surface area contributed by atoms with Crippen LogP contribution in [0.2, 0.25) is 0 Å². The summed E-state index contributed by atoms with van der Waals surface area (Å²) in [4.78, 5) is 23.1. The predicted octanol–water partition coefficient (Wildman–Crippen LogP) is 2.21. The molecule has 0 aliphatic carbocycles. The van der Waals surface area contributed by atoms with E-state index in [0.29, 0.717) is 19.1 Å². The Morgan fingerprint density at radius 2 is 2.29 bits per heavy atom. The van der Waals surface area contributed by atoms with Gasteiger partial charge in [0.05, 0.1) is 13.1 Å². The number of piperazine rings is 1. The first-order valence-corrected chi connectivity index (χ1v) is 9.08. The van der Waals surface area contributed by atoms with Gasteiger partial charge in [-0.3, -0.25) is 9.69 Å². The largest absolute Gasteiger partial charge is 0.464 e. The maximum Gasteiger partial charge on any atom is 0.236 e. The quantitative estimate of drug-likeness (QED) is 0.829. The number of hydrogen-bond acceptors (Lipinski definition) is 6. The van der Waals surface area contributed by atoms with Gasteiger partial charge in [0.15, 0.2) is 5.13 Å². The molecule has 1 saturated heterocycles. The maximum absolute atomic E-state index is 12.5. The van der Waals surface area contributed by atoms with Gasteiger partial charge in [0, 0.05) is 44.3 Å². The third-order valence-corrected chi connectivity index (χ3v) is 5.16. The van der Waals surface area contributed by atoms with Crippen molar-refractivity contribution >= 4 is 22.4 Å². The van der Waals surface area contributed by atoms with Crippen molar-refractivity contribution in [1.82, 2.24) is 14.8 Å². The van der Waals surface area contributed by atoms with Gasteiger partial charge in [-0.05, 0) is 26.0 Å². The molecule has 0 unspecified atom stereocenters. The molecule has 6 nitrogen and oxygen atoms in total. The van der Waals surface area contributed by atoms with Gasteiger partial charge < -0.3 is 14.2 Å².